The van der Waals surface area contributed by atoms with E-state index in [1.165, 1.54) is 0 Å². The molecular weight excluding hydrogens is 308 g/mol. The summed E-state index contributed by atoms with van der Waals surface area (Å²) in [6, 6.07) is 5.17. The molecule has 0 amide bonds. The van der Waals surface area contributed by atoms with Gasteiger partial charge in [0.05, 0.1) is 4.90 Å². The largest absolute Gasteiger partial charge is 0.310 e. The molecule has 1 aliphatic carbocycles. The Morgan fingerprint density at radius 1 is 1.38 bits per heavy atom. The summed E-state index contributed by atoms with van der Waals surface area (Å²) in [4.78, 5) is 0.278. The Morgan fingerprint density at radius 2 is 2.05 bits per heavy atom. The molecule has 0 saturated heterocycles. The molecule has 0 radical (unpaired) electrons. The number of rotatable bonds is 7. The molecule has 1 saturated carbocycles. The SMILES string of the molecule is CC(C)NCc1cc(S(=O)(=O)NCC2CC2C)ccc1Cl. The van der Waals surface area contributed by atoms with Crippen molar-refractivity contribution in [2.75, 3.05) is 6.54 Å². The lowest BCUT2D eigenvalue weighted by Gasteiger charge is -2.12. The van der Waals surface area contributed by atoms with Crippen LogP contribution in [0.5, 0.6) is 0 Å². The molecule has 2 unspecified atom stereocenters. The predicted octanol–water partition coefficient (Wildman–Crippen LogP) is 2.77. The zero-order valence-electron chi connectivity index (χ0n) is 12.7. The highest BCUT2D eigenvalue weighted by molar-refractivity contribution is 7.89. The monoisotopic (exact) mass is 330 g/mol. The van der Waals surface area contributed by atoms with Crippen molar-refractivity contribution < 1.29 is 8.42 Å². The molecule has 6 heteroatoms. The van der Waals surface area contributed by atoms with Crippen molar-refractivity contribution in [2.24, 2.45) is 11.8 Å². The molecular formula is C15H23ClN2O2S. The zero-order chi connectivity index (χ0) is 15.6. The van der Waals surface area contributed by atoms with Crippen LogP contribution in [0.2, 0.25) is 5.02 Å². The first-order chi connectivity index (χ1) is 9.79. The molecule has 2 N–H and O–H groups in total. The molecule has 1 fully saturated rings. The molecule has 1 aliphatic rings. The van der Waals surface area contributed by atoms with Gasteiger partial charge in [-0.2, -0.15) is 0 Å². The van der Waals surface area contributed by atoms with Crippen LogP contribution in [0, 0.1) is 11.8 Å². The maximum Gasteiger partial charge on any atom is 0.240 e. The van der Waals surface area contributed by atoms with Crippen molar-refractivity contribution in [3.05, 3.63) is 28.8 Å². The summed E-state index contributed by atoms with van der Waals surface area (Å²) in [6.45, 7) is 7.28. The molecule has 1 aromatic carbocycles. The average molecular weight is 331 g/mol. The van der Waals surface area contributed by atoms with Crippen LogP contribution in [-0.2, 0) is 16.6 Å². The minimum absolute atomic E-state index is 0.278. The van der Waals surface area contributed by atoms with Gasteiger partial charge in [0.2, 0.25) is 10.0 Å². The summed E-state index contributed by atoms with van der Waals surface area (Å²) in [5, 5.41) is 3.83. The smallest absolute Gasteiger partial charge is 0.240 e. The van der Waals surface area contributed by atoms with E-state index in [9.17, 15) is 8.42 Å². The van der Waals surface area contributed by atoms with Crippen molar-refractivity contribution in [1.29, 1.82) is 0 Å². The van der Waals surface area contributed by atoms with E-state index in [0.29, 0.717) is 36.0 Å². The van der Waals surface area contributed by atoms with Gasteiger partial charge in [-0.1, -0.05) is 32.4 Å². The Bertz CT molecular complexity index is 602. The van der Waals surface area contributed by atoms with Gasteiger partial charge in [-0.05, 0) is 42.0 Å². The first kappa shape index (κ1) is 16.7. The fourth-order valence-electron chi connectivity index (χ4n) is 2.15. The van der Waals surface area contributed by atoms with Crippen molar-refractivity contribution in [3.63, 3.8) is 0 Å². The summed E-state index contributed by atoms with van der Waals surface area (Å²) in [5.74, 6) is 1.11. The average Bonchev–Trinajstić information content (AvgIpc) is 3.11. The lowest BCUT2D eigenvalue weighted by Crippen LogP contribution is -2.27. The summed E-state index contributed by atoms with van der Waals surface area (Å²) in [7, 11) is -3.45. The van der Waals surface area contributed by atoms with Crippen LogP contribution in [0.15, 0.2) is 23.1 Å². The Balaban J connectivity index is 2.09. The lowest BCUT2D eigenvalue weighted by atomic mass is 10.2. The number of nitrogens with one attached hydrogen (secondary N) is 2. The summed E-state index contributed by atoms with van der Waals surface area (Å²) >= 11 is 6.13. The lowest BCUT2D eigenvalue weighted by molar-refractivity contribution is 0.573. The quantitative estimate of drug-likeness (QED) is 0.808. The van der Waals surface area contributed by atoms with E-state index < -0.39 is 10.0 Å². The number of sulfonamides is 1. The van der Waals surface area contributed by atoms with Crippen molar-refractivity contribution in [3.8, 4) is 0 Å². The van der Waals surface area contributed by atoms with Crippen molar-refractivity contribution >= 4 is 21.6 Å². The van der Waals surface area contributed by atoms with Crippen LogP contribution in [0.25, 0.3) is 0 Å². The molecule has 0 bridgehead atoms. The van der Waals surface area contributed by atoms with E-state index in [1.54, 1.807) is 18.2 Å². The predicted molar refractivity (Wildman–Crippen MR) is 85.9 cm³/mol. The third-order valence-electron chi connectivity index (χ3n) is 3.84. The molecule has 2 rings (SSSR count). The Labute approximate surface area is 132 Å². The fourth-order valence-corrected chi connectivity index (χ4v) is 3.48. The molecule has 2 atom stereocenters. The first-order valence-corrected chi connectivity index (χ1v) is 9.17. The Hall–Kier alpha value is -0.620. The molecule has 0 aliphatic heterocycles. The van der Waals surface area contributed by atoms with Crippen molar-refractivity contribution in [2.45, 2.75) is 44.7 Å². The summed E-state index contributed by atoms with van der Waals surface area (Å²) < 4.78 is 27.3. The molecule has 21 heavy (non-hydrogen) atoms. The van der Waals surface area contributed by atoms with Gasteiger partial charge in [0.15, 0.2) is 0 Å². The summed E-state index contributed by atoms with van der Waals surface area (Å²) in [5.41, 5.74) is 0.799. The van der Waals surface area contributed by atoms with Gasteiger partial charge in [0.25, 0.3) is 0 Å². The van der Waals surface area contributed by atoms with Gasteiger partial charge in [-0.15, -0.1) is 0 Å². The molecule has 118 valence electrons. The molecule has 0 spiro atoms. The van der Waals surface area contributed by atoms with E-state index in [4.69, 9.17) is 11.6 Å². The normalized spacial score (nSPS) is 21.8. The number of halogens is 1. The third-order valence-corrected chi connectivity index (χ3v) is 5.63. The second-order valence-electron chi connectivity index (χ2n) is 6.11. The van der Waals surface area contributed by atoms with Gasteiger partial charge in [-0.3, -0.25) is 0 Å². The maximum absolute atomic E-state index is 12.3. The second-order valence-corrected chi connectivity index (χ2v) is 8.29. The second kappa shape index (κ2) is 6.65. The van der Waals surface area contributed by atoms with Crippen LogP contribution in [0.4, 0.5) is 0 Å². The highest BCUT2D eigenvalue weighted by Crippen LogP contribution is 2.37. The molecule has 0 aromatic heterocycles. The van der Waals surface area contributed by atoms with Crippen LogP contribution in [0.1, 0.15) is 32.8 Å². The van der Waals surface area contributed by atoms with E-state index in [2.05, 4.69) is 17.0 Å². The number of hydrogen-bond donors (Lipinski definition) is 2. The fraction of sp³-hybridized carbons (Fsp3) is 0.600. The van der Waals surface area contributed by atoms with Crippen molar-refractivity contribution in [1.82, 2.24) is 10.0 Å². The van der Waals surface area contributed by atoms with E-state index in [0.717, 1.165) is 12.0 Å². The topological polar surface area (TPSA) is 58.2 Å². The van der Waals surface area contributed by atoms with E-state index >= 15 is 0 Å². The minimum Gasteiger partial charge on any atom is -0.310 e. The Kier molecular flexibility index (Phi) is 5.30. The van der Waals surface area contributed by atoms with Gasteiger partial charge in [0, 0.05) is 24.2 Å². The minimum atomic E-state index is -3.45. The number of hydrogen-bond acceptors (Lipinski definition) is 3. The summed E-state index contributed by atoms with van der Waals surface area (Å²) in [6.07, 6.45) is 1.10. The highest BCUT2D eigenvalue weighted by Gasteiger charge is 2.33. The van der Waals surface area contributed by atoms with Crippen LogP contribution >= 0.6 is 11.6 Å². The van der Waals surface area contributed by atoms with E-state index in [-0.39, 0.29) is 4.90 Å². The van der Waals surface area contributed by atoms with Crippen LogP contribution in [0.3, 0.4) is 0 Å². The van der Waals surface area contributed by atoms with Gasteiger partial charge >= 0.3 is 0 Å². The van der Waals surface area contributed by atoms with Crippen LogP contribution in [-0.4, -0.2) is 21.0 Å². The number of benzene rings is 1. The van der Waals surface area contributed by atoms with E-state index in [1.807, 2.05) is 13.8 Å². The first-order valence-electron chi connectivity index (χ1n) is 7.31. The van der Waals surface area contributed by atoms with Crippen LogP contribution < -0.4 is 10.0 Å². The standard InChI is InChI=1S/C15H23ClN2O2S/c1-10(2)17-8-13-7-14(4-5-15(13)16)21(19,20)18-9-12-6-11(12)3/h4-5,7,10-12,17-18H,6,8-9H2,1-3H3. The van der Waals surface area contributed by atoms with Gasteiger partial charge in [-0.25, -0.2) is 13.1 Å². The zero-order valence-corrected chi connectivity index (χ0v) is 14.3. The molecule has 0 heterocycles. The highest BCUT2D eigenvalue weighted by atomic mass is 35.5. The Morgan fingerprint density at radius 3 is 2.62 bits per heavy atom. The molecule has 4 nitrogen and oxygen atoms in total. The molecule has 1 aromatic rings. The maximum atomic E-state index is 12.3. The van der Waals surface area contributed by atoms with Gasteiger partial charge < -0.3 is 5.32 Å². The van der Waals surface area contributed by atoms with Gasteiger partial charge in [0.1, 0.15) is 0 Å². The third kappa shape index (κ3) is 4.68.